The second kappa shape index (κ2) is 5.71. The molecule has 20 heavy (non-hydrogen) atoms. The van der Waals surface area contributed by atoms with E-state index in [9.17, 15) is 0 Å². The summed E-state index contributed by atoms with van der Waals surface area (Å²) >= 11 is 1.79. The van der Waals surface area contributed by atoms with Gasteiger partial charge in [0.25, 0.3) is 0 Å². The lowest BCUT2D eigenvalue weighted by Gasteiger charge is -2.09. The van der Waals surface area contributed by atoms with Gasteiger partial charge in [-0.05, 0) is 19.4 Å². The number of nitrogens with one attached hydrogen (secondary N) is 1. The van der Waals surface area contributed by atoms with Crippen LogP contribution in [0.15, 0.2) is 39.8 Å². The molecule has 0 spiro atoms. The number of benzene rings is 1. The van der Waals surface area contributed by atoms with Crippen molar-refractivity contribution in [3.05, 3.63) is 52.9 Å². The number of aliphatic imine (C=N–C) groups is 1. The zero-order valence-corrected chi connectivity index (χ0v) is 12.4. The number of nitrogens with zero attached hydrogens (tertiary/aromatic N) is 2. The van der Waals surface area contributed by atoms with Crippen LogP contribution in [0.2, 0.25) is 0 Å². The fraction of sp³-hybridized carbons (Fsp3) is 0.333. The molecule has 3 rings (SSSR count). The Hall–Kier alpha value is -1.75. The van der Waals surface area contributed by atoms with Crippen LogP contribution in [0, 0.1) is 13.8 Å². The summed E-state index contributed by atoms with van der Waals surface area (Å²) in [6.07, 6.45) is 0. The summed E-state index contributed by atoms with van der Waals surface area (Å²) < 4.78 is 5.16. The highest BCUT2D eigenvalue weighted by Crippen LogP contribution is 2.34. The molecule has 1 atom stereocenters. The van der Waals surface area contributed by atoms with Gasteiger partial charge in [0, 0.05) is 12.1 Å². The molecule has 4 nitrogen and oxygen atoms in total. The minimum absolute atomic E-state index is 0.420. The first-order valence-electron chi connectivity index (χ1n) is 6.65. The summed E-state index contributed by atoms with van der Waals surface area (Å²) in [6.45, 7) is 5.45. The first-order chi connectivity index (χ1) is 9.74. The van der Waals surface area contributed by atoms with Crippen LogP contribution in [-0.4, -0.2) is 16.9 Å². The van der Waals surface area contributed by atoms with Crippen LogP contribution in [-0.2, 0) is 6.54 Å². The van der Waals surface area contributed by atoms with Crippen molar-refractivity contribution in [3.8, 4) is 0 Å². The predicted molar refractivity (Wildman–Crippen MR) is 81.9 cm³/mol. The minimum atomic E-state index is 0.420. The molecule has 0 bridgehead atoms. The Bertz CT molecular complexity index is 602. The summed E-state index contributed by atoms with van der Waals surface area (Å²) in [6, 6.07) is 10.5. The molecule has 2 heterocycles. The van der Waals surface area contributed by atoms with Crippen molar-refractivity contribution in [1.29, 1.82) is 0 Å². The highest BCUT2D eigenvalue weighted by atomic mass is 32.2. The molecule has 0 radical (unpaired) electrons. The molecule has 1 unspecified atom stereocenters. The lowest BCUT2D eigenvalue weighted by molar-refractivity contribution is 0.392. The highest BCUT2D eigenvalue weighted by Gasteiger charge is 2.21. The monoisotopic (exact) mass is 287 g/mol. The van der Waals surface area contributed by atoms with Crippen LogP contribution in [0.1, 0.15) is 27.8 Å². The number of hydrogen-bond acceptors (Lipinski definition) is 5. The van der Waals surface area contributed by atoms with E-state index in [1.807, 2.05) is 19.9 Å². The van der Waals surface area contributed by atoms with Crippen molar-refractivity contribution < 1.29 is 4.52 Å². The molecule has 1 aliphatic heterocycles. The number of hydrogen-bond donors (Lipinski definition) is 1. The number of rotatable bonds is 3. The van der Waals surface area contributed by atoms with Crippen LogP contribution in [0.3, 0.4) is 0 Å². The fourth-order valence-electron chi connectivity index (χ4n) is 2.23. The van der Waals surface area contributed by atoms with Gasteiger partial charge < -0.3 is 9.84 Å². The van der Waals surface area contributed by atoms with Gasteiger partial charge in [-0.1, -0.05) is 47.3 Å². The number of aromatic nitrogens is 1. The van der Waals surface area contributed by atoms with Gasteiger partial charge in [0.2, 0.25) is 0 Å². The molecule has 1 aromatic carbocycles. The van der Waals surface area contributed by atoms with Crippen LogP contribution in [0.5, 0.6) is 0 Å². The molecular formula is C15H17N3OS. The van der Waals surface area contributed by atoms with Crippen LogP contribution in [0.25, 0.3) is 0 Å². The minimum Gasteiger partial charge on any atom is -0.361 e. The topological polar surface area (TPSA) is 50.4 Å². The van der Waals surface area contributed by atoms with Gasteiger partial charge in [-0.3, -0.25) is 4.99 Å². The Kier molecular flexibility index (Phi) is 3.78. The SMILES string of the molecule is Cc1noc(C)c1CNC1=NCC(c2ccccc2)S1. The molecule has 1 aromatic heterocycles. The van der Waals surface area contributed by atoms with E-state index < -0.39 is 0 Å². The predicted octanol–water partition coefficient (Wildman–Crippen LogP) is 3.23. The summed E-state index contributed by atoms with van der Waals surface area (Å²) in [5.41, 5.74) is 3.39. The third kappa shape index (κ3) is 2.72. The Morgan fingerprint density at radius 2 is 2.10 bits per heavy atom. The average molecular weight is 287 g/mol. The Labute approximate surface area is 122 Å². The van der Waals surface area contributed by atoms with Crippen LogP contribution >= 0.6 is 11.8 Å². The Balaban J connectivity index is 1.58. The largest absolute Gasteiger partial charge is 0.361 e. The summed E-state index contributed by atoms with van der Waals surface area (Å²) in [7, 11) is 0. The smallest absolute Gasteiger partial charge is 0.157 e. The van der Waals surface area contributed by atoms with Gasteiger partial charge in [-0.15, -0.1) is 0 Å². The number of thioether (sulfide) groups is 1. The van der Waals surface area contributed by atoms with Crippen molar-refractivity contribution in [2.24, 2.45) is 4.99 Å². The third-order valence-corrected chi connectivity index (χ3v) is 4.63. The summed E-state index contributed by atoms with van der Waals surface area (Å²) in [5, 5.41) is 8.76. The first kappa shape index (κ1) is 13.2. The van der Waals surface area contributed by atoms with E-state index in [1.54, 1.807) is 11.8 Å². The number of amidine groups is 1. The number of aryl methyl sites for hydroxylation is 2. The van der Waals surface area contributed by atoms with E-state index in [0.717, 1.165) is 28.7 Å². The van der Waals surface area contributed by atoms with Crippen molar-refractivity contribution in [2.45, 2.75) is 25.6 Å². The van der Waals surface area contributed by atoms with Crippen molar-refractivity contribution >= 4 is 16.9 Å². The molecule has 0 amide bonds. The maximum absolute atomic E-state index is 5.16. The molecule has 0 saturated carbocycles. The molecule has 1 N–H and O–H groups in total. The van der Waals surface area contributed by atoms with Crippen LogP contribution in [0.4, 0.5) is 0 Å². The average Bonchev–Trinajstić information content (AvgIpc) is 3.06. The quantitative estimate of drug-likeness (QED) is 0.941. The molecule has 0 aliphatic carbocycles. The zero-order valence-electron chi connectivity index (χ0n) is 11.6. The zero-order chi connectivity index (χ0) is 13.9. The second-order valence-electron chi connectivity index (χ2n) is 4.82. The standard InChI is InChI=1S/C15H17N3OS/c1-10-13(11(2)19-18-10)8-16-15-17-9-14(20-15)12-6-4-3-5-7-12/h3-7,14H,8-9H2,1-2H3,(H,16,17). The normalized spacial score (nSPS) is 18.1. The first-order valence-corrected chi connectivity index (χ1v) is 7.53. The molecule has 0 fully saturated rings. The Morgan fingerprint density at radius 3 is 2.80 bits per heavy atom. The maximum atomic E-state index is 5.16. The van der Waals surface area contributed by atoms with Gasteiger partial charge in [0.05, 0.1) is 17.5 Å². The van der Waals surface area contributed by atoms with E-state index in [0.29, 0.717) is 11.8 Å². The highest BCUT2D eigenvalue weighted by molar-refractivity contribution is 8.14. The lowest BCUT2D eigenvalue weighted by atomic mass is 10.1. The van der Waals surface area contributed by atoms with E-state index in [4.69, 9.17) is 4.52 Å². The van der Waals surface area contributed by atoms with E-state index in [-0.39, 0.29) is 0 Å². The summed E-state index contributed by atoms with van der Waals surface area (Å²) in [4.78, 5) is 4.57. The lowest BCUT2D eigenvalue weighted by Crippen LogP contribution is -2.19. The molecule has 0 saturated heterocycles. The van der Waals surface area contributed by atoms with Gasteiger partial charge in [0.1, 0.15) is 5.76 Å². The molecule has 1 aliphatic rings. The van der Waals surface area contributed by atoms with Crippen molar-refractivity contribution in [3.63, 3.8) is 0 Å². The fourth-order valence-corrected chi connectivity index (χ4v) is 3.25. The van der Waals surface area contributed by atoms with Gasteiger partial charge in [0.15, 0.2) is 5.17 Å². The van der Waals surface area contributed by atoms with E-state index >= 15 is 0 Å². The molecule has 5 heteroatoms. The van der Waals surface area contributed by atoms with Gasteiger partial charge in [-0.25, -0.2) is 0 Å². The summed E-state index contributed by atoms with van der Waals surface area (Å²) in [5.74, 6) is 0.873. The maximum Gasteiger partial charge on any atom is 0.157 e. The second-order valence-corrected chi connectivity index (χ2v) is 6.01. The molecule has 104 valence electrons. The van der Waals surface area contributed by atoms with Gasteiger partial charge in [-0.2, -0.15) is 0 Å². The molecule has 2 aromatic rings. The third-order valence-electron chi connectivity index (χ3n) is 3.42. The van der Waals surface area contributed by atoms with Crippen molar-refractivity contribution in [1.82, 2.24) is 10.5 Å². The van der Waals surface area contributed by atoms with Gasteiger partial charge >= 0.3 is 0 Å². The van der Waals surface area contributed by atoms with E-state index in [1.165, 1.54) is 5.56 Å². The Morgan fingerprint density at radius 1 is 1.30 bits per heavy atom. The van der Waals surface area contributed by atoms with Crippen LogP contribution < -0.4 is 5.32 Å². The molecular weight excluding hydrogens is 270 g/mol. The van der Waals surface area contributed by atoms with Crippen molar-refractivity contribution in [2.75, 3.05) is 6.54 Å². The van der Waals surface area contributed by atoms with E-state index in [2.05, 4.69) is 39.7 Å².